The van der Waals surface area contributed by atoms with Crippen molar-refractivity contribution in [1.82, 2.24) is 15.3 Å². The van der Waals surface area contributed by atoms with Crippen LogP contribution in [0.1, 0.15) is 18.4 Å². The number of hydrogen-bond acceptors (Lipinski definition) is 6. The van der Waals surface area contributed by atoms with E-state index in [-0.39, 0.29) is 5.56 Å². The van der Waals surface area contributed by atoms with Gasteiger partial charge in [-0.3, -0.25) is 4.79 Å². The van der Waals surface area contributed by atoms with Gasteiger partial charge in [0.1, 0.15) is 0 Å². The molecule has 0 unspecified atom stereocenters. The Balaban J connectivity index is 1.40. The van der Waals surface area contributed by atoms with Gasteiger partial charge in [0.25, 0.3) is 5.56 Å². The molecule has 0 aliphatic carbocycles. The summed E-state index contributed by atoms with van der Waals surface area (Å²) in [4.78, 5) is 23.5. The minimum Gasteiger partial charge on any atom is -0.378 e. The van der Waals surface area contributed by atoms with Gasteiger partial charge in [-0.25, -0.2) is 4.98 Å². The molecule has 2 aliphatic rings. The monoisotopic (exact) mass is 369 g/mol. The zero-order valence-electron chi connectivity index (χ0n) is 15.6. The van der Waals surface area contributed by atoms with Gasteiger partial charge in [0.15, 0.2) is 5.82 Å². The number of H-pyrrole nitrogens is 1. The third-order valence-corrected chi connectivity index (χ3v) is 5.33. The standard InChI is InChI=1S/C20H27N5O2/c26-20-19(21-7-8-22-20)25-9-3-5-17(15-25)23-14-16-4-1-2-6-18(16)24-10-12-27-13-11-24/h1-2,4,6-8,17,23H,3,5,9-15H2,(H,22,26)/t17-/m1/s1. The first kappa shape index (κ1) is 18.0. The molecule has 2 aliphatic heterocycles. The quantitative estimate of drug-likeness (QED) is 0.829. The van der Waals surface area contributed by atoms with Crippen molar-refractivity contribution in [2.75, 3.05) is 49.2 Å². The van der Waals surface area contributed by atoms with Crippen molar-refractivity contribution in [3.63, 3.8) is 0 Å². The Kier molecular flexibility index (Phi) is 5.69. The zero-order valence-corrected chi connectivity index (χ0v) is 15.6. The van der Waals surface area contributed by atoms with Gasteiger partial charge in [0.2, 0.25) is 0 Å². The van der Waals surface area contributed by atoms with Crippen LogP contribution < -0.4 is 20.7 Å². The van der Waals surface area contributed by atoms with Crippen LogP contribution in [0, 0.1) is 0 Å². The first-order chi connectivity index (χ1) is 13.3. The van der Waals surface area contributed by atoms with Crippen LogP contribution >= 0.6 is 0 Å². The topological polar surface area (TPSA) is 73.5 Å². The van der Waals surface area contributed by atoms with Crippen molar-refractivity contribution >= 4 is 11.5 Å². The summed E-state index contributed by atoms with van der Waals surface area (Å²) in [5.41, 5.74) is 2.49. The molecular formula is C20H27N5O2. The maximum absolute atomic E-state index is 12.0. The summed E-state index contributed by atoms with van der Waals surface area (Å²) >= 11 is 0. The molecular weight excluding hydrogens is 342 g/mol. The van der Waals surface area contributed by atoms with Gasteiger partial charge in [-0.1, -0.05) is 18.2 Å². The highest BCUT2D eigenvalue weighted by Crippen LogP contribution is 2.22. The molecule has 27 heavy (non-hydrogen) atoms. The smallest absolute Gasteiger partial charge is 0.290 e. The molecule has 2 saturated heterocycles. The molecule has 0 saturated carbocycles. The SMILES string of the molecule is O=c1[nH]ccnc1N1CCC[C@@H](NCc2ccccc2N2CCOCC2)C1. The Morgan fingerprint density at radius 2 is 2.04 bits per heavy atom. The summed E-state index contributed by atoms with van der Waals surface area (Å²) in [6.45, 7) is 5.97. The number of aromatic nitrogens is 2. The maximum Gasteiger partial charge on any atom is 0.290 e. The van der Waals surface area contributed by atoms with E-state index in [4.69, 9.17) is 4.74 Å². The van der Waals surface area contributed by atoms with Crippen LogP contribution in [0.4, 0.5) is 11.5 Å². The maximum atomic E-state index is 12.0. The molecule has 1 atom stereocenters. The van der Waals surface area contributed by atoms with E-state index in [1.165, 1.54) is 11.3 Å². The predicted octanol–water partition coefficient (Wildman–Crippen LogP) is 1.37. The molecule has 3 heterocycles. The lowest BCUT2D eigenvalue weighted by Crippen LogP contribution is -2.47. The summed E-state index contributed by atoms with van der Waals surface area (Å²) in [6, 6.07) is 8.94. The van der Waals surface area contributed by atoms with Crippen molar-refractivity contribution in [2.45, 2.75) is 25.4 Å². The van der Waals surface area contributed by atoms with Crippen molar-refractivity contribution in [3.05, 3.63) is 52.6 Å². The lowest BCUT2D eigenvalue weighted by Gasteiger charge is -2.34. The summed E-state index contributed by atoms with van der Waals surface area (Å²) in [6.07, 6.45) is 5.39. The van der Waals surface area contributed by atoms with Gasteiger partial charge in [0, 0.05) is 56.8 Å². The number of aromatic amines is 1. The van der Waals surface area contributed by atoms with Crippen LogP contribution in [0.25, 0.3) is 0 Å². The number of ether oxygens (including phenoxy) is 1. The largest absolute Gasteiger partial charge is 0.378 e. The Morgan fingerprint density at radius 1 is 1.19 bits per heavy atom. The number of nitrogens with zero attached hydrogens (tertiary/aromatic N) is 3. The van der Waals surface area contributed by atoms with Crippen LogP contribution in [0.5, 0.6) is 0 Å². The highest BCUT2D eigenvalue weighted by atomic mass is 16.5. The summed E-state index contributed by atoms with van der Waals surface area (Å²) in [7, 11) is 0. The average molecular weight is 369 g/mol. The van der Waals surface area contributed by atoms with Gasteiger partial charge in [-0.15, -0.1) is 0 Å². The Morgan fingerprint density at radius 3 is 2.89 bits per heavy atom. The van der Waals surface area contributed by atoms with Gasteiger partial charge in [-0.05, 0) is 24.5 Å². The number of para-hydroxylation sites is 1. The molecule has 2 fully saturated rings. The molecule has 0 radical (unpaired) electrons. The predicted molar refractivity (Wildman–Crippen MR) is 106 cm³/mol. The highest BCUT2D eigenvalue weighted by Gasteiger charge is 2.23. The van der Waals surface area contributed by atoms with Crippen LogP contribution in [-0.4, -0.2) is 55.4 Å². The van der Waals surface area contributed by atoms with Crippen LogP contribution in [0.2, 0.25) is 0 Å². The molecule has 0 amide bonds. The second-order valence-corrected chi connectivity index (χ2v) is 7.14. The molecule has 2 aromatic rings. The van der Waals surface area contributed by atoms with Crippen molar-refractivity contribution in [2.24, 2.45) is 0 Å². The van der Waals surface area contributed by atoms with Crippen molar-refractivity contribution in [3.8, 4) is 0 Å². The number of nitrogens with one attached hydrogen (secondary N) is 2. The minimum absolute atomic E-state index is 0.115. The van der Waals surface area contributed by atoms with E-state index in [1.807, 2.05) is 0 Å². The van der Waals surface area contributed by atoms with E-state index in [2.05, 4.69) is 49.4 Å². The van der Waals surface area contributed by atoms with Gasteiger partial charge in [-0.2, -0.15) is 0 Å². The van der Waals surface area contributed by atoms with Crippen molar-refractivity contribution < 1.29 is 4.74 Å². The van der Waals surface area contributed by atoms with E-state index < -0.39 is 0 Å². The van der Waals surface area contributed by atoms with E-state index in [0.717, 1.165) is 58.8 Å². The Bertz CT molecular complexity index is 803. The molecule has 4 rings (SSSR count). The molecule has 144 valence electrons. The highest BCUT2D eigenvalue weighted by molar-refractivity contribution is 5.54. The average Bonchev–Trinajstić information content (AvgIpc) is 2.74. The molecule has 1 aromatic carbocycles. The lowest BCUT2D eigenvalue weighted by atomic mass is 10.0. The third-order valence-electron chi connectivity index (χ3n) is 5.33. The van der Waals surface area contributed by atoms with Crippen LogP contribution in [0.15, 0.2) is 41.5 Å². The molecule has 0 bridgehead atoms. The second kappa shape index (κ2) is 8.54. The van der Waals surface area contributed by atoms with Crippen LogP contribution in [-0.2, 0) is 11.3 Å². The summed E-state index contributed by atoms with van der Waals surface area (Å²) in [5, 5.41) is 3.70. The van der Waals surface area contributed by atoms with Gasteiger partial charge < -0.3 is 24.8 Å². The molecule has 0 spiro atoms. The number of hydrogen-bond donors (Lipinski definition) is 2. The lowest BCUT2D eigenvalue weighted by molar-refractivity contribution is 0.122. The van der Waals surface area contributed by atoms with Gasteiger partial charge >= 0.3 is 0 Å². The fourth-order valence-electron chi connectivity index (χ4n) is 3.93. The first-order valence-corrected chi connectivity index (χ1v) is 9.74. The molecule has 7 nitrogen and oxygen atoms in total. The first-order valence-electron chi connectivity index (χ1n) is 9.74. The molecule has 1 aromatic heterocycles. The Labute approximate surface area is 159 Å². The summed E-state index contributed by atoms with van der Waals surface area (Å²) < 4.78 is 5.48. The van der Waals surface area contributed by atoms with Crippen LogP contribution in [0.3, 0.4) is 0 Å². The Hall–Kier alpha value is -2.38. The molecule has 2 N–H and O–H groups in total. The minimum atomic E-state index is -0.115. The number of morpholine rings is 1. The normalized spacial score (nSPS) is 20.7. The fourth-order valence-corrected chi connectivity index (χ4v) is 3.93. The van der Waals surface area contributed by atoms with Gasteiger partial charge in [0.05, 0.1) is 13.2 Å². The number of rotatable bonds is 5. The van der Waals surface area contributed by atoms with E-state index in [0.29, 0.717) is 11.9 Å². The third kappa shape index (κ3) is 4.31. The number of benzene rings is 1. The van der Waals surface area contributed by atoms with E-state index >= 15 is 0 Å². The van der Waals surface area contributed by atoms with E-state index in [1.54, 1.807) is 12.4 Å². The van der Waals surface area contributed by atoms with E-state index in [9.17, 15) is 4.79 Å². The fraction of sp³-hybridized carbons (Fsp3) is 0.500. The number of piperidine rings is 1. The molecule has 7 heteroatoms. The number of anilines is 2. The summed E-state index contributed by atoms with van der Waals surface area (Å²) in [5.74, 6) is 0.526. The van der Waals surface area contributed by atoms with Crippen molar-refractivity contribution in [1.29, 1.82) is 0 Å². The zero-order chi connectivity index (χ0) is 18.5. The second-order valence-electron chi connectivity index (χ2n) is 7.14.